The van der Waals surface area contributed by atoms with Crippen molar-refractivity contribution in [3.05, 3.63) is 0 Å². The number of ether oxygens (including phenoxy) is 1. The number of nitrogens with zero attached hydrogens (tertiary/aromatic N) is 1. The molecule has 0 bridgehead atoms. The summed E-state index contributed by atoms with van der Waals surface area (Å²) in [7, 11) is 0. The van der Waals surface area contributed by atoms with Gasteiger partial charge in [-0.25, -0.2) is 4.79 Å². The van der Waals surface area contributed by atoms with Crippen molar-refractivity contribution < 1.29 is 9.53 Å². The first kappa shape index (κ1) is 12.3. The summed E-state index contributed by atoms with van der Waals surface area (Å²) in [5, 5.41) is 0. The van der Waals surface area contributed by atoms with Crippen LogP contribution in [-0.4, -0.2) is 35.7 Å². The quantitative estimate of drug-likeness (QED) is 0.666. The third kappa shape index (κ3) is 4.08. The Morgan fingerprint density at radius 2 is 2.00 bits per heavy atom. The van der Waals surface area contributed by atoms with Gasteiger partial charge in [0.15, 0.2) is 0 Å². The normalized spacial score (nSPS) is 27.7. The second-order valence-corrected chi connectivity index (χ2v) is 5.49. The van der Waals surface area contributed by atoms with E-state index in [1.807, 2.05) is 20.8 Å². The predicted molar refractivity (Wildman–Crippen MR) is 59.6 cm³/mol. The molecule has 0 radical (unpaired) electrons. The average molecular weight is 214 g/mol. The summed E-state index contributed by atoms with van der Waals surface area (Å²) in [6, 6.07) is 0.0845. The zero-order valence-corrected chi connectivity index (χ0v) is 10.1. The molecule has 1 amide bonds. The number of rotatable bonds is 0. The maximum Gasteiger partial charge on any atom is 0.410 e. The third-order valence-corrected chi connectivity index (χ3v) is 2.34. The number of hydrogen-bond acceptors (Lipinski definition) is 3. The molecule has 4 nitrogen and oxygen atoms in total. The molecule has 0 aromatic heterocycles. The van der Waals surface area contributed by atoms with Gasteiger partial charge >= 0.3 is 6.09 Å². The SMILES string of the molecule is C[C@@H]1C[C@@H](N)CN(C(=O)OC(C)(C)C)C1. The minimum Gasteiger partial charge on any atom is -0.444 e. The van der Waals surface area contributed by atoms with Crippen molar-refractivity contribution in [1.29, 1.82) is 0 Å². The molecular formula is C11H22N2O2. The van der Waals surface area contributed by atoms with E-state index in [0.717, 1.165) is 13.0 Å². The molecule has 1 aliphatic heterocycles. The van der Waals surface area contributed by atoms with Crippen LogP contribution in [0, 0.1) is 5.92 Å². The van der Waals surface area contributed by atoms with Gasteiger partial charge in [-0.05, 0) is 33.1 Å². The first-order valence-corrected chi connectivity index (χ1v) is 5.51. The van der Waals surface area contributed by atoms with Crippen LogP contribution >= 0.6 is 0 Å². The van der Waals surface area contributed by atoms with E-state index in [9.17, 15) is 4.79 Å². The lowest BCUT2D eigenvalue weighted by molar-refractivity contribution is 0.0154. The summed E-state index contributed by atoms with van der Waals surface area (Å²) >= 11 is 0. The fourth-order valence-corrected chi connectivity index (χ4v) is 1.88. The van der Waals surface area contributed by atoms with Crippen molar-refractivity contribution >= 4 is 6.09 Å². The summed E-state index contributed by atoms with van der Waals surface area (Å²) in [5.74, 6) is 0.460. The van der Waals surface area contributed by atoms with Crippen LogP contribution in [-0.2, 0) is 4.74 Å². The third-order valence-electron chi connectivity index (χ3n) is 2.34. The number of likely N-dealkylation sites (tertiary alicyclic amines) is 1. The fourth-order valence-electron chi connectivity index (χ4n) is 1.88. The molecule has 2 N–H and O–H groups in total. The Morgan fingerprint density at radius 1 is 1.40 bits per heavy atom. The number of carbonyl (C=O) groups is 1. The van der Waals surface area contributed by atoms with E-state index < -0.39 is 5.60 Å². The van der Waals surface area contributed by atoms with Gasteiger partial charge in [-0.2, -0.15) is 0 Å². The van der Waals surface area contributed by atoms with Crippen LogP contribution in [0.5, 0.6) is 0 Å². The van der Waals surface area contributed by atoms with Gasteiger partial charge < -0.3 is 15.4 Å². The molecule has 1 rings (SSSR count). The van der Waals surface area contributed by atoms with Gasteiger partial charge in [0.25, 0.3) is 0 Å². The van der Waals surface area contributed by atoms with Gasteiger partial charge in [0, 0.05) is 19.1 Å². The average Bonchev–Trinajstić information content (AvgIpc) is 1.98. The lowest BCUT2D eigenvalue weighted by Crippen LogP contribution is -2.50. The van der Waals surface area contributed by atoms with Gasteiger partial charge in [0.05, 0.1) is 0 Å². The maximum absolute atomic E-state index is 11.8. The summed E-state index contributed by atoms with van der Waals surface area (Å²) < 4.78 is 5.31. The van der Waals surface area contributed by atoms with Gasteiger partial charge in [-0.15, -0.1) is 0 Å². The van der Waals surface area contributed by atoms with E-state index in [-0.39, 0.29) is 12.1 Å². The van der Waals surface area contributed by atoms with E-state index in [4.69, 9.17) is 10.5 Å². The Labute approximate surface area is 91.8 Å². The molecular weight excluding hydrogens is 192 g/mol. The van der Waals surface area contributed by atoms with E-state index in [1.165, 1.54) is 0 Å². The fraction of sp³-hybridized carbons (Fsp3) is 0.909. The van der Waals surface area contributed by atoms with Crippen LogP contribution in [0.25, 0.3) is 0 Å². The highest BCUT2D eigenvalue weighted by Gasteiger charge is 2.28. The summed E-state index contributed by atoms with van der Waals surface area (Å²) in [6.07, 6.45) is 0.740. The molecule has 88 valence electrons. The summed E-state index contributed by atoms with van der Waals surface area (Å²) in [6.45, 7) is 9.09. The lowest BCUT2D eigenvalue weighted by atomic mass is 9.97. The minimum absolute atomic E-state index is 0.0845. The molecule has 0 aromatic rings. The highest BCUT2D eigenvalue weighted by Crippen LogP contribution is 2.18. The molecule has 0 aromatic carbocycles. The Bertz CT molecular complexity index is 225. The van der Waals surface area contributed by atoms with Crippen LogP contribution in [0.15, 0.2) is 0 Å². The molecule has 0 spiro atoms. The smallest absolute Gasteiger partial charge is 0.410 e. The molecule has 1 saturated heterocycles. The number of nitrogens with two attached hydrogens (primary N) is 1. The van der Waals surface area contributed by atoms with Crippen LogP contribution < -0.4 is 5.73 Å². The van der Waals surface area contributed by atoms with E-state index in [2.05, 4.69) is 6.92 Å². The topological polar surface area (TPSA) is 55.6 Å². The van der Waals surface area contributed by atoms with Gasteiger partial charge in [0.1, 0.15) is 5.60 Å². The molecule has 15 heavy (non-hydrogen) atoms. The molecule has 1 fully saturated rings. The molecule has 4 heteroatoms. The second kappa shape index (κ2) is 4.39. The van der Waals surface area contributed by atoms with Gasteiger partial charge in [-0.1, -0.05) is 6.92 Å². The number of hydrogen-bond donors (Lipinski definition) is 1. The Kier molecular flexibility index (Phi) is 3.60. The summed E-state index contributed by atoms with van der Waals surface area (Å²) in [4.78, 5) is 13.5. The van der Waals surface area contributed by atoms with Crippen molar-refractivity contribution in [2.45, 2.75) is 45.8 Å². The molecule has 1 aliphatic rings. The highest BCUT2D eigenvalue weighted by atomic mass is 16.6. The van der Waals surface area contributed by atoms with Crippen LogP contribution in [0.4, 0.5) is 4.79 Å². The Hall–Kier alpha value is -0.770. The van der Waals surface area contributed by atoms with Crippen LogP contribution in [0.1, 0.15) is 34.1 Å². The Balaban J connectivity index is 2.52. The molecule has 2 atom stereocenters. The van der Waals surface area contributed by atoms with Crippen LogP contribution in [0.3, 0.4) is 0 Å². The highest BCUT2D eigenvalue weighted by molar-refractivity contribution is 5.68. The van der Waals surface area contributed by atoms with Gasteiger partial charge in [-0.3, -0.25) is 0 Å². The molecule has 0 aliphatic carbocycles. The van der Waals surface area contributed by atoms with E-state index in [0.29, 0.717) is 12.5 Å². The molecule has 0 unspecified atom stereocenters. The van der Waals surface area contributed by atoms with E-state index in [1.54, 1.807) is 4.90 Å². The predicted octanol–water partition coefficient (Wildman–Crippen LogP) is 1.59. The number of piperidine rings is 1. The molecule has 0 saturated carbocycles. The van der Waals surface area contributed by atoms with E-state index >= 15 is 0 Å². The van der Waals surface area contributed by atoms with Crippen molar-refractivity contribution in [3.63, 3.8) is 0 Å². The molecule has 1 heterocycles. The maximum atomic E-state index is 11.8. The zero-order valence-electron chi connectivity index (χ0n) is 10.1. The van der Waals surface area contributed by atoms with Crippen molar-refractivity contribution in [3.8, 4) is 0 Å². The minimum atomic E-state index is -0.429. The van der Waals surface area contributed by atoms with Crippen LogP contribution in [0.2, 0.25) is 0 Å². The van der Waals surface area contributed by atoms with Crippen molar-refractivity contribution in [2.75, 3.05) is 13.1 Å². The first-order valence-electron chi connectivity index (χ1n) is 5.51. The van der Waals surface area contributed by atoms with Crippen molar-refractivity contribution in [1.82, 2.24) is 4.90 Å². The first-order chi connectivity index (χ1) is 6.78. The zero-order chi connectivity index (χ0) is 11.6. The number of carbonyl (C=O) groups excluding carboxylic acids is 1. The van der Waals surface area contributed by atoms with Gasteiger partial charge in [0.2, 0.25) is 0 Å². The standard InChI is InChI=1S/C11H22N2O2/c1-8-5-9(12)7-13(6-8)10(14)15-11(2,3)4/h8-9H,5-7,12H2,1-4H3/t8-,9-/m1/s1. The Morgan fingerprint density at radius 3 is 2.47 bits per heavy atom. The second-order valence-electron chi connectivity index (χ2n) is 5.49. The summed E-state index contributed by atoms with van der Waals surface area (Å²) in [5.41, 5.74) is 5.44. The van der Waals surface area contributed by atoms with Crippen molar-refractivity contribution in [2.24, 2.45) is 11.7 Å². The number of amides is 1. The largest absolute Gasteiger partial charge is 0.444 e. The monoisotopic (exact) mass is 214 g/mol. The lowest BCUT2D eigenvalue weighted by Gasteiger charge is -2.35.